The first-order valence-corrected chi connectivity index (χ1v) is 8.51. The molecule has 1 N–H and O–H groups in total. The zero-order valence-corrected chi connectivity index (χ0v) is 13.3. The Bertz CT molecular complexity index is 655. The van der Waals surface area contributed by atoms with Gasteiger partial charge in [-0.05, 0) is 30.5 Å². The summed E-state index contributed by atoms with van der Waals surface area (Å²) in [7, 11) is 0. The van der Waals surface area contributed by atoms with Gasteiger partial charge < -0.3 is 9.84 Å². The summed E-state index contributed by atoms with van der Waals surface area (Å²) >= 11 is 0. The largest absolute Gasteiger partial charge is 0.361 e. The number of rotatable bonds is 2. The predicted molar refractivity (Wildman–Crippen MR) is 90.9 cm³/mol. The molecule has 3 nitrogen and oxygen atoms in total. The molecule has 2 fully saturated rings. The maximum absolute atomic E-state index is 11.0. The molecule has 120 valence electrons. The number of piperidine rings is 1. The smallest absolute Gasteiger partial charge is 0.205 e. The quantitative estimate of drug-likeness (QED) is 0.923. The number of ether oxygens (including phenoxy) is 1. The average molecular weight is 309 g/mol. The van der Waals surface area contributed by atoms with Crippen molar-refractivity contribution in [2.24, 2.45) is 0 Å². The number of nitrogens with zero attached hydrogens (tertiary/aromatic N) is 1. The van der Waals surface area contributed by atoms with Crippen LogP contribution in [0.5, 0.6) is 0 Å². The molecule has 0 amide bonds. The van der Waals surface area contributed by atoms with E-state index in [2.05, 4.69) is 29.2 Å². The van der Waals surface area contributed by atoms with E-state index in [9.17, 15) is 5.11 Å². The molecule has 2 heterocycles. The standard InChI is InChI=1S/C20H23NO2/c22-20(15-21-13-5-4-8-19(21)14-23-20)18-11-9-17(10-12-18)16-6-2-1-3-7-16/h1-3,6-7,9-12,19,22H,4-5,8,13-15H2/t19-,20+/m0/s1. The van der Waals surface area contributed by atoms with Crippen LogP contribution in [0.3, 0.4) is 0 Å². The molecule has 2 saturated heterocycles. The van der Waals surface area contributed by atoms with E-state index in [1.54, 1.807) is 0 Å². The summed E-state index contributed by atoms with van der Waals surface area (Å²) in [6, 6.07) is 18.9. The molecule has 0 bridgehead atoms. The highest BCUT2D eigenvalue weighted by molar-refractivity contribution is 5.63. The van der Waals surface area contributed by atoms with Crippen molar-refractivity contribution in [1.29, 1.82) is 0 Å². The van der Waals surface area contributed by atoms with Crippen molar-refractivity contribution in [3.05, 3.63) is 60.2 Å². The molecule has 0 aromatic heterocycles. The van der Waals surface area contributed by atoms with Gasteiger partial charge in [0.25, 0.3) is 0 Å². The Morgan fingerprint density at radius 3 is 2.48 bits per heavy atom. The van der Waals surface area contributed by atoms with Gasteiger partial charge in [-0.25, -0.2) is 0 Å². The molecule has 2 aromatic rings. The highest BCUT2D eigenvalue weighted by Crippen LogP contribution is 2.33. The third-order valence-corrected chi connectivity index (χ3v) is 5.12. The number of aliphatic hydroxyl groups is 1. The zero-order chi connectivity index (χ0) is 15.7. The Labute approximate surface area is 137 Å². The van der Waals surface area contributed by atoms with Gasteiger partial charge in [0.15, 0.2) is 0 Å². The minimum Gasteiger partial charge on any atom is -0.361 e. The lowest BCUT2D eigenvalue weighted by Crippen LogP contribution is -2.56. The van der Waals surface area contributed by atoms with Crippen molar-refractivity contribution < 1.29 is 9.84 Å². The van der Waals surface area contributed by atoms with Crippen molar-refractivity contribution >= 4 is 0 Å². The van der Waals surface area contributed by atoms with Gasteiger partial charge in [-0.15, -0.1) is 0 Å². The highest BCUT2D eigenvalue weighted by Gasteiger charge is 2.41. The monoisotopic (exact) mass is 309 g/mol. The van der Waals surface area contributed by atoms with Crippen molar-refractivity contribution in [3.63, 3.8) is 0 Å². The van der Waals surface area contributed by atoms with E-state index in [0.717, 1.165) is 17.7 Å². The average Bonchev–Trinajstić information content (AvgIpc) is 2.62. The molecule has 2 aliphatic heterocycles. The maximum Gasteiger partial charge on any atom is 0.205 e. The Balaban J connectivity index is 1.55. The van der Waals surface area contributed by atoms with Crippen LogP contribution in [0.15, 0.2) is 54.6 Å². The Kier molecular flexibility index (Phi) is 3.93. The van der Waals surface area contributed by atoms with Crippen molar-refractivity contribution in [2.75, 3.05) is 19.7 Å². The summed E-state index contributed by atoms with van der Waals surface area (Å²) in [5, 5.41) is 11.0. The van der Waals surface area contributed by atoms with E-state index in [1.807, 2.05) is 30.3 Å². The molecule has 3 heteroatoms. The lowest BCUT2D eigenvalue weighted by atomic mass is 9.95. The van der Waals surface area contributed by atoms with Crippen molar-refractivity contribution in [1.82, 2.24) is 4.90 Å². The highest BCUT2D eigenvalue weighted by atomic mass is 16.6. The second kappa shape index (κ2) is 6.08. The fourth-order valence-corrected chi connectivity index (χ4v) is 3.74. The topological polar surface area (TPSA) is 32.7 Å². The SMILES string of the molecule is O[C@]1(c2ccc(-c3ccccc3)cc2)CN2CCCC[C@H]2CO1. The third-order valence-electron chi connectivity index (χ3n) is 5.12. The van der Waals surface area contributed by atoms with Crippen LogP contribution in [0, 0.1) is 0 Å². The van der Waals surface area contributed by atoms with Gasteiger partial charge in [-0.2, -0.15) is 0 Å². The molecule has 0 unspecified atom stereocenters. The molecule has 2 aromatic carbocycles. The minimum absolute atomic E-state index is 0.479. The first-order chi connectivity index (χ1) is 11.2. The van der Waals surface area contributed by atoms with Gasteiger partial charge in [0.1, 0.15) is 0 Å². The summed E-state index contributed by atoms with van der Waals surface area (Å²) in [6.07, 6.45) is 3.68. The van der Waals surface area contributed by atoms with Crippen LogP contribution < -0.4 is 0 Å². The van der Waals surface area contributed by atoms with Crippen LogP contribution in [0.4, 0.5) is 0 Å². The van der Waals surface area contributed by atoms with Gasteiger partial charge in [0, 0.05) is 11.6 Å². The van der Waals surface area contributed by atoms with Crippen molar-refractivity contribution in [3.8, 4) is 11.1 Å². The molecule has 23 heavy (non-hydrogen) atoms. The summed E-state index contributed by atoms with van der Waals surface area (Å²) in [4.78, 5) is 2.39. The first kappa shape index (κ1) is 14.9. The normalized spacial score (nSPS) is 28.3. The van der Waals surface area contributed by atoms with Crippen LogP contribution in [-0.2, 0) is 10.5 Å². The fourth-order valence-electron chi connectivity index (χ4n) is 3.74. The van der Waals surface area contributed by atoms with Crippen molar-refractivity contribution in [2.45, 2.75) is 31.1 Å². The van der Waals surface area contributed by atoms with E-state index in [0.29, 0.717) is 19.2 Å². The summed E-state index contributed by atoms with van der Waals surface area (Å²) in [6.45, 7) is 2.26. The number of benzene rings is 2. The van der Waals surface area contributed by atoms with E-state index in [-0.39, 0.29) is 0 Å². The lowest BCUT2D eigenvalue weighted by molar-refractivity contribution is -0.264. The Morgan fingerprint density at radius 2 is 1.70 bits per heavy atom. The van der Waals surface area contributed by atoms with Crippen LogP contribution >= 0.6 is 0 Å². The summed E-state index contributed by atoms with van der Waals surface area (Å²) in [5.74, 6) is -1.18. The van der Waals surface area contributed by atoms with Gasteiger partial charge in [0.05, 0.1) is 13.2 Å². The van der Waals surface area contributed by atoms with E-state index >= 15 is 0 Å². The molecule has 2 atom stereocenters. The third kappa shape index (κ3) is 2.92. The van der Waals surface area contributed by atoms with Gasteiger partial charge in [0.2, 0.25) is 5.79 Å². The first-order valence-electron chi connectivity index (χ1n) is 8.51. The van der Waals surface area contributed by atoms with E-state index in [1.165, 1.54) is 24.8 Å². The van der Waals surface area contributed by atoms with Gasteiger partial charge in [-0.3, -0.25) is 4.90 Å². The summed E-state index contributed by atoms with van der Waals surface area (Å²) < 4.78 is 5.88. The van der Waals surface area contributed by atoms with Crippen LogP contribution in [0.25, 0.3) is 11.1 Å². The van der Waals surface area contributed by atoms with E-state index < -0.39 is 5.79 Å². The molecular weight excluding hydrogens is 286 g/mol. The van der Waals surface area contributed by atoms with Crippen LogP contribution in [-0.4, -0.2) is 35.7 Å². The second-order valence-corrected chi connectivity index (χ2v) is 6.66. The van der Waals surface area contributed by atoms with E-state index in [4.69, 9.17) is 4.74 Å². The van der Waals surface area contributed by atoms with Gasteiger partial charge >= 0.3 is 0 Å². The number of hydrogen-bond acceptors (Lipinski definition) is 3. The molecule has 0 aliphatic carbocycles. The minimum atomic E-state index is -1.18. The Hall–Kier alpha value is -1.68. The molecule has 4 rings (SSSR count). The number of hydrogen-bond donors (Lipinski definition) is 1. The lowest BCUT2D eigenvalue weighted by Gasteiger charge is -2.46. The number of fused-ring (bicyclic) bond motifs is 1. The second-order valence-electron chi connectivity index (χ2n) is 6.66. The van der Waals surface area contributed by atoms with Gasteiger partial charge in [-0.1, -0.05) is 61.0 Å². The molecule has 2 aliphatic rings. The van der Waals surface area contributed by atoms with Crippen LogP contribution in [0.2, 0.25) is 0 Å². The molecule has 0 saturated carbocycles. The molecule has 0 radical (unpaired) electrons. The number of morpholine rings is 1. The predicted octanol–water partition coefficient (Wildman–Crippen LogP) is 3.38. The maximum atomic E-state index is 11.0. The van der Waals surface area contributed by atoms with Crippen LogP contribution in [0.1, 0.15) is 24.8 Å². The summed E-state index contributed by atoms with van der Waals surface area (Å²) in [5.41, 5.74) is 3.19. The zero-order valence-electron chi connectivity index (χ0n) is 13.3. The fraction of sp³-hybridized carbons (Fsp3) is 0.400. The molecular formula is C20H23NO2. The molecule has 0 spiro atoms. The Morgan fingerprint density at radius 1 is 0.957 bits per heavy atom.